The molecule has 3 N–H and O–H groups in total. The normalized spacial score (nSPS) is 41.5. The van der Waals surface area contributed by atoms with Crippen LogP contribution in [0.2, 0.25) is 0 Å². The second-order valence-corrected chi connectivity index (χ2v) is 11.2. The van der Waals surface area contributed by atoms with Gasteiger partial charge in [0.1, 0.15) is 0 Å². The van der Waals surface area contributed by atoms with Crippen LogP contribution in [0, 0.1) is 24.2 Å². The van der Waals surface area contributed by atoms with Crippen molar-refractivity contribution in [2.24, 2.45) is 17.3 Å². The van der Waals surface area contributed by atoms with Crippen LogP contribution in [0.25, 0.3) is 0 Å². The SMILES string of the molecule is Cc1c([C@@H](C)[C@H]2NC[C@@H](C)C[C@H]2O)ccc2c1C[C@H]1[C@H]2CC=C2C[C@@H](O)CC[C@@]21C. The highest BCUT2D eigenvalue weighted by Crippen LogP contribution is 2.60. The maximum Gasteiger partial charge on any atom is 0.0702 e. The van der Waals surface area contributed by atoms with Gasteiger partial charge in [-0.1, -0.05) is 44.6 Å². The quantitative estimate of drug-likeness (QED) is 0.626. The average Bonchev–Trinajstić information content (AvgIpc) is 3.09. The fraction of sp³-hybridized carbons (Fsp3) is 0.704. The van der Waals surface area contributed by atoms with Crippen molar-refractivity contribution in [1.82, 2.24) is 5.32 Å². The van der Waals surface area contributed by atoms with Crippen LogP contribution >= 0.6 is 0 Å². The number of piperidine rings is 1. The highest BCUT2D eigenvalue weighted by atomic mass is 16.3. The zero-order chi connectivity index (χ0) is 21.2. The minimum Gasteiger partial charge on any atom is -0.393 e. The van der Waals surface area contributed by atoms with E-state index in [9.17, 15) is 10.2 Å². The van der Waals surface area contributed by atoms with Crippen molar-refractivity contribution in [3.63, 3.8) is 0 Å². The molecule has 0 radical (unpaired) electrons. The molecule has 1 heterocycles. The van der Waals surface area contributed by atoms with Gasteiger partial charge < -0.3 is 15.5 Å². The topological polar surface area (TPSA) is 52.5 Å². The predicted octanol–water partition coefficient (Wildman–Crippen LogP) is 4.59. The smallest absolute Gasteiger partial charge is 0.0702 e. The van der Waals surface area contributed by atoms with Gasteiger partial charge in [0, 0.05) is 6.04 Å². The van der Waals surface area contributed by atoms with Gasteiger partial charge in [-0.2, -0.15) is 0 Å². The number of fused-ring (bicyclic) bond motifs is 5. The first-order valence-electron chi connectivity index (χ1n) is 12.2. The Kier molecular flexibility index (Phi) is 5.16. The van der Waals surface area contributed by atoms with E-state index >= 15 is 0 Å². The lowest BCUT2D eigenvalue weighted by Crippen LogP contribution is -2.50. The summed E-state index contributed by atoms with van der Waals surface area (Å²) in [5, 5.41) is 24.6. The van der Waals surface area contributed by atoms with Gasteiger partial charge in [0.2, 0.25) is 0 Å². The van der Waals surface area contributed by atoms with Gasteiger partial charge in [-0.05, 0) is 103 Å². The maximum absolute atomic E-state index is 10.7. The van der Waals surface area contributed by atoms with Crippen LogP contribution in [-0.2, 0) is 6.42 Å². The monoisotopic (exact) mass is 409 g/mol. The number of allylic oxidation sites excluding steroid dienone is 1. The number of aliphatic hydroxyl groups is 2. The van der Waals surface area contributed by atoms with Crippen molar-refractivity contribution in [2.45, 2.75) is 96.3 Å². The molecule has 0 amide bonds. The lowest BCUT2D eigenvalue weighted by molar-refractivity contribution is 0.0656. The van der Waals surface area contributed by atoms with Crippen molar-refractivity contribution in [2.75, 3.05) is 6.54 Å². The summed E-state index contributed by atoms with van der Waals surface area (Å²) in [6.45, 7) is 10.3. The van der Waals surface area contributed by atoms with Gasteiger partial charge in [-0.3, -0.25) is 0 Å². The van der Waals surface area contributed by atoms with Crippen molar-refractivity contribution < 1.29 is 10.2 Å². The van der Waals surface area contributed by atoms with E-state index < -0.39 is 0 Å². The Morgan fingerprint density at radius 3 is 2.77 bits per heavy atom. The molecule has 3 nitrogen and oxygen atoms in total. The number of rotatable bonds is 2. The standard InChI is InChI=1S/C27H39NO2/c1-15-11-25(30)26(28-14-15)17(3)20-7-8-21-22-6-5-18-12-19(29)9-10-27(18,4)24(22)13-23(21)16(20)2/h5,7-8,15,17,19,22,24-26,28-30H,6,9-14H2,1-4H3/t15-,17+,19-,22-,24-,25+,26+,27-/m0/s1. The number of benzene rings is 1. The Bertz CT molecular complexity index is 861. The molecule has 3 heteroatoms. The van der Waals surface area contributed by atoms with Crippen LogP contribution in [0.4, 0.5) is 0 Å². The summed E-state index contributed by atoms with van der Waals surface area (Å²) >= 11 is 0. The lowest BCUT2D eigenvalue weighted by Gasteiger charge is -2.48. The van der Waals surface area contributed by atoms with E-state index in [-0.39, 0.29) is 23.7 Å². The third-order valence-electron chi connectivity index (χ3n) is 9.40. The van der Waals surface area contributed by atoms with E-state index in [4.69, 9.17) is 0 Å². The van der Waals surface area contributed by atoms with E-state index in [0.29, 0.717) is 23.7 Å². The Morgan fingerprint density at radius 2 is 2.00 bits per heavy atom. The maximum atomic E-state index is 10.7. The molecular formula is C27H39NO2. The number of hydrogen-bond donors (Lipinski definition) is 3. The highest BCUT2D eigenvalue weighted by molar-refractivity contribution is 5.49. The van der Waals surface area contributed by atoms with Crippen LogP contribution < -0.4 is 5.32 Å². The average molecular weight is 410 g/mol. The van der Waals surface area contributed by atoms with Crippen molar-refractivity contribution in [3.05, 3.63) is 46.0 Å². The van der Waals surface area contributed by atoms with E-state index in [0.717, 1.165) is 38.6 Å². The van der Waals surface area contributed by atoms with Crippen LogP contribution in [0.3, 0.4) is 0 Å². The summed E-state index contributed by atoms with van der Waals surface area (Å²) in [6, 6.07) is 4.92. The molecule has 1 saturated carbocycles. The fourth-order valence-electron chi connectivity index (χ4n) is 7.49. The first kappa shape index (κ1) is 20.7. The molecule has 3 aliphatic carbocycles. The number of nitrogens with one attached hydrogen (secondary N) is 1. The van der Waals surface area contributed by atoms with Gasteiger partial charge in [-0.15, -0.1) is 0 Å². The number of aliphatic hydroxyl groups excluding tert-OH is 2. The van der Waals surface area contributed by atoms with Gasteiger partial charge in [-0.25, -0.2) is 0 Å². The highest BCUT2D eigenvalue weighted by Gasteiger charge is 2.50. The molecule has 0 bridgehead atoms. The largest absolute Gasteiger partial charge is 0.393 e. The van der Waals surface area contributed by atoms with Crippen LogP contribution in [0.5, 0.6) is 0 Å². The summed E-state index contributed by atoms with van der Waals surface area (Å²) in [6.07, 6.45) is 8.20. The van der Waals surface area contributed by atoms with Gasteiger partial charge in [0.05, 0.1) is 12.2 Å². The molecule has 30 heavy (non-hydrogen) atoms. The van der Waals surface area contributed by atoms with Crippen LogP contribution in [-0.4, -0.2) is 35.0 Å². The molecule has 4 aliphatic rings. The molecule has 1 aromatic rings. The molecule has 0 spiro atoms. The third-order valence-corrected chi connectivity index (χ3v) is 9.40. The first-order valence-corrected chi connectivity index (χ1v) is 12.2. The van der Waals surface area contributed by atoms with Gasteiger partial charge in [0.25, 0.3) is 0 Å². The molecule has 2 fully saturated rings. The van der Waals surface area contributed by atoms with Crippen LogP contribution in [0.15, 0.2) is 23.8 Å². The van der Waals surface area contributed by atoms with Gasteiger partial charge in [0.15, 0.2) is 0 Å². The summed E-state index contributed by atoms with van der Waals surface area (Å²) < 4.78 is 0. The molecule has 0 aromatic heterocycles. The molecule has 0 unspecified atom stereocenters. The molecule has 8 atom stereocenters. The fourth-order valence-corrected chi connectivity index (χ4v) is 7.49. The first-order chi connectivity index (χ1) is 14.3. The van der Waals surface area contributed by atoms with Gasteiger partial charge >= 0.3 is 0 Å². The second-order valence-electron chi connectivity index (χ2n) is 11.2. The minimum atomic E-state index is -0.265. The summed E-state index contributed by atoms with van der Waals surface area (Å²) in [5.41, 5.74) is 7.79. The van der Waals surface area contributed by atoms with E-state index in [1.165, 1.54) is 23.1 Å². The second kappa shape index (κ2) is 7.46. The van der Waals surface area contributed by atoms with E-state index in [1.807, 2.05) is 0 Å². The molecule has 1 aromatic carbocycles. The predicted molar refractivity (Wildman–Crippen MR) is 122 cm³/mol. The summed E-state index contributed by atoms with van der Waals surface area (Å²) in [4.78, 5) is 0. The Morgan fingerprint density at radius 1 is 1.20 bits per heavy atom. The zero-order valence-electron chi connectivity index (χ0n) is 19.1. The molecule has 164 valence electrons. The van der Waals surface area contributed by atoms with Crippen molar-refractivity contribution in [3.8, 4) is 0 Å². The van der Waals surface area contributed by atoms with Crippen molar-refractivity contribution in [1.29, 1.82) is 0 Å². The molecule has 5 rings (SSSR count). The number of hydrogen-bond acceptors (Lipinski definition) is 3. The zero-order valence-corrected chi connectivity index (χ0v) is 19.1. The Labute approximate surface area is 182 Å². The van der Waals surface area contributed by atoms with Crippen molar-refractivity contribution >= 4 is 0 Å². The molecule has 1 aliphatic heterocycles. The molecule has 1 saturated heterocycles. The molecular weight excluding hydrogens is 370 g/mol. The Balaban J connectivity index is 1.44. The third kappa shape index (κ3) is 3.12. The van der Waals surface area contributed by atoms with E-state index in [1.54, 1.807) is 11.1 Å². The Hall–Kier alpha value is -1.16. The summed E-state index contributed by atoms with van der Waals surface area (Å²) in [7, 11) is 0. The minimum absolute atomic E-state index is 0.143. The van der Waals surface area contributed by atoms with E-state index in [2.05, 4.69) is 51.2 Å². The van der Waals surface area contributed by atoms with Crippen LogP contribution in [0.1, 0.15) is 87.0 Å². The summed E-state index contributed by atoms with van der Waals surface area (Å²) in [5.74, 6) is 2.16. The lowest BCUT2D eigenvalue weighted by atomic mass is 9.57.